The van der Waals surface area contributed by atoms with Gasteiger partial charge in [-0.15, -0.1) is 11.8 Å². The summed E-state index contributed by atoms with van der Waals surface area (Å²) in [5, 5.41) is 5.64. The average Bonchev–Trinajstić information content (AvgIpc) is 2.80. The van der Waals surface area contributed by atoms with E-state index in [1.807, 2.05) is 6.08 Å². The summed E-state index contributed by atoms with van der Waals surface area (Å²) in [5.41, 5.74) is 0. The number of carbonyl (C=O) groups is 1. The molecule has 96 valence electrons. The zero-order valence-electron chi connectivity index (χ0n) is 10.8. The van der Waals surface area contributed by atoms with E-state index in [1.165, 1.54) is 0 Å². The topological polar surface area (TPSA) is 29.1 Å². The molecular weight excluding hydrogens is 230 g/mol. The summed E-state index contributed by atoms with van der Waals surface area (Å²) in [5.74, 6) is 0.0596. The molecule has 0 saturated heterocycles. The van der Waals surface area contributed by atoms with Crippen LogP contribution in [0.5, 0.6) is 0 Å². The molecule has 0 bridgehead atoms. The van der Waals surface area contributed by atoms with Gasteiger partial charge in [-0.25, -0.2) is 0 Å². The second kappa shape index (κ2) is 8.40. The SMILES string of the molecule is CCCC(CCC)NC(=O)/C=C/C1CC=CS1. The van der Waals surface area contributed by atoms with Crippen molar-refractivity contribution in [3.8, 4) is 0 Å². The second-order valence-electron chi connectivity index (χ2n) is 4.42. The summed E-state index contributed by atoms with van der Waals surface area (Å²) < 4.78 is 0. The molecule has 1 amide bonds. The summed E-state index contributed by atoms with van der Waals surface area (Å²) in [6.07, 6.45) is 11.3. The van der Waals surface area contributed by atoms with Crippen molar-refractivity contribution >= 4 is 17.7 Å². The van der Waals surface area contributed by atoms with E-state index in [0.717, 1.165) is 32.1 Å². The monoisotopic (exact) mass is 253 g/mol. The minimum absolute atomic E-state index is 0.0596. The van der Waals surface area contributed by atoms with Gasteiger partial charge in [0.2, 0.25) is 5.91 Å². The quantitative estimate of drug-likeness (QED) is 0.702. The lowest BCUT2D eigenvalue weighted by Gasteiger charge is -2.16. The van der Waals surface area contributed by atoms with Gasteiger partial charge in [0.1, 0.15) is 0 Å². The third-order valence-corrected chi connectivity index (χ3v) is 3.85. The Kier molecular flexibility index (Phi) is 7.10. The van der Waals surface area contributed by atoms with Crippen molar-refractivity contribution in [1.82, 2.24) is 5.32 Å². The van der Waals surface area contributed by atoms with E-state index < -0.39 is 0 Å². The van der Waals surface area contributed by atoms with E-state index in [9.17, 15) is 4.79 Å². The Morgan fingerprint density at radius 3 is 2.71 bits per heavy atom. The van der Waals surface area contributed by atoms with Crippen LogP contribution in [0.1, 0.15) is 46.0 Å². The number of carbonyl (C=O) groups excluding carboxylic acids is 1. The van der Waals surface area contributed by atoms with Crippen molar-refractivity contribution in [3.63, 3.8) is 0 Å². The summed E-state index contributed by atoms with van der Waals surface area (Å²) in [6.45, 7) is 4.32. The van der Waals surface area contributed by atoms with E-state index in [2.05, 4.69) is 30.6 Å². The molecular formula is C14H23NOS. The standard InChI is InChI=1S/C14H23NOS/c1-3-6-12(7-4-2)15-14(16)10-9-13-8-5-11-17-13/h5,9-13H,3-4,6-8H2,1-2H3,(H,15,16)/b10-9+. The molecule has 1 heterocycles. The van der Waals surface area contributed by atoms with Crippen molar-refractivity contribution in [2.75, 3.05) is 0 Å². The van der Waals surface area contributed by atoms with Crippen LogP contribution in [0, 0.1) is 0 Å². The lowest BCUT2D eigenvalue weighted by molar-refractivity contribution is -0.117. The first-order valence-electron chi connectivity index (χ1n) is 6.55. The second-order valence-corrected chi connectivity index (χ2v) is 5.57. The van der Waals surface area contributed by atoms with E-state index in [-0.39, 0.29) is 5.91 Å². The van der Waals surface area contributed by atoms with Gasteiger partial charge in [0, 0.05) is 17.4 Å². The molecule has 1 rings (SSSR count). The number of rotatable bonds is 7. The van der Waals surface area contributed by atoms with Gasteiger partial charge in [0.15, 0.2) is 0 Å². The molecule has 1 N–H and O–H groups in total. The molecule has 1 atom stereocenters. The van der Waals surface area contributed by atoms with Crippen molar-refractivity contribution in [2.45, 2.75) is 57.2 Å². The van der Waals surface area contributed by atoms with Crippen molar-refractivity contribution in [1.29, 1.82) is 0 Å². The van der Waals surface area contributed by atoms with Gasteiger partial charge in [0.25, 0.3) is 0 Å². The number of nitrogens with one attached hydrogen (secondary N) is 1. The lowest BCUT2D eigenvalue weighted by atomic mass is 10.1. The number of thioether (sulfide) groups is 1. The number of amides is 1. The van der Waals surface area contributed by atoms with Gasteiger partial charge < -0.3 is 5.32 Å². The van der Waals surface area contributed by atoms with Crippen molar-refractivity contribution in [2.24, 2.45) is 0 Å². The Bertz CT molecular complexity index is 272. The fourth-order valence-electron chi connectivity index (χ4n) is 1.96. The molecule has 17 heavy (non-hydrogen) atoms. The average molecular weight is 253 g/mol. The van der Waals surface area contributed by atoms with Crippen molar-refractivity contribution in [3.05, 3.63) is 23.6 Å². The van der Waals surface area contributed by atoms with Crippen LogP contribution in [-0.4, -0.2) is 17.2 Å². The summed E-state index contributed by atoms with van der Waals surface area (Å²) in [7, 11) is 0. The Hall–Kier alpha value is -0.700. The predicted molar refractivity (Wildman–Crippen MR) is 76.0 cm³/mol. The van der Waals surface area contributed by atoms with Crippen LogP contribution in [0.2, 0.25) is 0 Å². The van der Waals surface area contributed by atoms with Gasteiger partial charge >= 0.3 is 0 Å². The predicted octanol–water partition coefficient (Wildman–Crippen LogP) is 3.65. The van der Waals surface area contributed by atoms with E-state index in [0.29, 0.717) is 11.3 Å². The molecule has 0 aromatic rings. The molecule has 0 aliphatic carbocycles. The molecule has 0 radical (unpaired) electrons. The molecule has 0 spiro atoms. The van der Waals surface area contributed by atoms with Crippen molar-refractivity contribution < 1.29 is 4.79 Å². The molecule has 1 aliphatic rings. The van der Waals surface area contributed by atoms with E-state index in [1.54, 1.807) is 17.8 Å². The third-order valence-electron chi connectivity index (χ3n) is 2.80. The summed E-state index contributed by atoms with van der Waals surface area (Å²) >= 11 is 1.78. The van der Waals surface area contributed by atoms with E-state index in [4.69, 9.17) is 0 Å². The highest BCUT2D eigenvalue weighted by Crippen LogP contribution is 2.24. The first kappa shape index (κ1) is 14.4. The molecule has 1 unspecified atom stereocenters. The minimum Gasteiger partial charge on any atom is -0.350 e. The highest BCUT2D eigenvalue weighted by atomic mass is 32.2. The molecule has 0 saturated carbocycles. The Balaban J connectivity index is 2.30. The number of hydrogen-bond donors (Lipinski definition) is 1. The smallest absolute Gasteiger partial charge is 0.243 e. The van der Waals surface area contributed by atoms with Gasteiger partial charge in [-0.1, -0.05) is 38.8 Å². The molecule has 0 aromatic heterocycles. The Morgan fingerprint density at radius 1 is 1.47 bits per heavy atom. The van der Waals surface area contributed by atoms with Gasteiger partial charge in [0.05, 0.1) is 0 Å². The molecule has 3 heteroatoms. The number of hydrogen-bond acceptors (Lipinski definition) is 2. The van der Waals surface area contributed by atoms with Crippen LogP contribution >= 0.6 is 11.8 Å². The lowest BCUT2D eigenvalue weighted by Crippen LogP contribution is -2.33. The summed E-state index contributed by atoms with van der Waals surface area (Å²) in [6, 6.07) is 0.344. The third kappa shape index (κ3) is 5.97. The zero-order chi connectivity index (χ0) is 12.5. The maximum absolute atomic E-state index is 11.7. The van der Waals surface area contributed by atoms with Gasteiger partial charge in [-0.3, -0.25) is 4.79 Å². The normalized spacial score (nSPS) is 19.4. The fraction of sp³-hybridized carbons (Fsp3) is 0.643. The van der Waals surface area contributed by atoms with Crippen LogP contribution in [0.3, 0.4) is 0 Å². The molecule has 0 aromatic carbocycles. The highest BCUT2D eigenvalue weighted by molar-refractivity contribution is 8.03. The van der Waals surface area contributed by atoms with Crippen LogP contribution in [-0.2, 0) is 4.79 Å². The minimum atomic E-state index is 0.0596. The van der Waals surface area contributed by atoms with Gasteiger partial charge in [-0.2, -0.15) is 0 Å². The maximum atomic E-state index is 11.7. The van der Waals surface area contributed by atoms with Gasteiger partial charge in [-0.05, 0) is 24.7 Å². The number of allylic oxidation sites excluding steroid dienone is 1. The molecule has 2 nitrogen and oxygen atoms in total. The largest absolute Gasteiger partial charge is 0.350 e. The maximum Gasteiger partial charge on any atom is 0.243 e. The van der Waals surface area contributed by atoms with Crippen LogP contribution < -0.4 is 5.32 Å². The Labute approximate surface area is 109 Å². The van der Waals surface area contributed by atoms with Crippen LogP contribution in [0.25, 0.3) is 0 Å². The van der Waals surface area contributed by atoms with E-state index >= 15 is 0 Å². The molecule has 0 fully saturated rings. The zero-order valence-corrected chi connectivity index (χ0v) is 11.6. The highest BCUT2D eigenvalue weighted by Gasteiger charge is 2.10. The van der Waals surface area contributed by atoms with Crippen LogP contribution in [0.15, 0.2) is 23.6 Å². The van der Waals surface area contributed by atoms with Crippen LogP contribution in [0.4, 0.5) is 0 Å². The fourth-order valence-corrected chi connectivity index (χ4v) is 2.77. The first-order chi connectivity index (χ1) is 8.26. The summed E-state index contributed by atoms with van der Waals surface area (Å²) in [4.78, 5) is 11.7. The first-order valence-corrected chi connectivity index (χ1v) is 7.49. The Morgan fingerprint density at radius 2 is 2.18 bits per heavy atom. The molecule has 1 aliphatic heterocycles.